The van der Waals surface area contributed by atoms with Gasteiger partial charge in [-0.05, 0) is 42.0 Å². The number of thiophene rings is 1. The van der Waals surface area contributed by atoms with Crippen molar-refractivity contribution in [2.24, 2.45) is 0 Å². The second-order valence-electron chi connectivity index (χ2n) is 7.66. The van der Waals surface area contributed by atoms with Crippen LogP contribution in [0.5, 0.6) is 0 Å². The van der Waals surface area contributed by atoms with Crippen molar-refractivity contribution in [2.75, 3.05) is 13.1 Å². The van der Waals surface area contributed by atoms with Crippen LogP contribution in [0, 0.1) is 0 Å². The van der Waals surface area contributed by atoms with Crippen LogP contribution in [-0.2, 0) is 0 Å². The molecule has 31 heavy (non-hydrogen) atoms. The number of pyridine rings is 1. The normalized spacial score (nSPS) is 16.3. The predicted octanol–water partition coefficient (Wildman–Crippen LogP) is 5.29. The van der Waals surface area contributed by atoms with Gasteiger partial charge in [0.05, 0.1) is 10.6 Å². The highest BCUT2D eigenvalue weighted by Crippen LogP contribution is 2.34. The van der Waals surface area contributed by atoms with Crippen LogP contribution in [0.3, 0.4) is 0 Å². The van der Waals surface area contributed by atoms with E-state index in [0.717, 1.165) is 52.5 Å². The summed E-state index contributed by atoms with van der Waals surface area (Å²) in [4.78, 5) is 29.6. The van der Waals surface area contributed by atoms with Crippen molar-refractivity contribution < 1.29 is 4.79 Å². The first-order valence-electron chi connectivity index (χ1n) is 10.4. The van der Waals surface area contributed by atoms with Gasteiger partial charge in [0.2, 0.25) is 0 Å². The standard InChI is InChI=1S/C25H22N4OS/c30-25(22-9-5-15-31-22)29-14-4-8-20(17-29)23-21(18-10-12-26-13-11-18)16-27-24(28-23)19-6-2-1-3-7-19/h1-3,5-7,9-13,15-16,20H,4,8,14,17H2. The van der Waals surface area contributed by atoms with Crippen LogP contribution in [0.2, 0.25) is 0 Å². The van der Waals surface area contributed by atoms with Crippen molar-refractivity contribution in [3.8, 4) is 22.5 Å². The van der Waals surface area contributed by atoms with Crippen molar-refractivity contribution in [3.05, 3.63) is 89.1 Å². The quantitative estimate of drug-likeness (QED) is 0.445. The molecule has 0 N–H and O–H groups in total. The molecule has 5 rings (SSSR count). The van der Waals surface area contributed by atoms with E-state index >= 15 is 0 Å². The SMILES string of the molecule is O=C(c1cccs1)N1CCCC(c2nc(-c3ccccc3)ncc2-c2ccncc2)C1. The highest BCUT2D eigenvalue weighted by atomic mass is 32.1. The molecule has 4 aromatic rings. The number of carbonyl (C=O) groups is 1. The summed E-state index contributed by atoms with van der Waals surface area (Å²) in [6.45, 7) is 1.45. The van der Waals surface area contributed by atoms with Crippen molar-refractivity contribution in [2.45, 2.75) is 18.8 Å². The molecule has 1 aliphatic rings. The lowest BCUT2D eigenvalue weighted by Gasteiger charge is -2.33. The van der Waals surface area contributed by atoms with Gasteiger partial charge < -0.3 is 4.90 Å². The van der Waals surface area contributed by atoms with E-state index in [1.54, 1.807) is 12.4 Å². The van der Waals surface area contributed by atoms with Crippen LogP contribution in [0.4, 0.5) is 0 Å². The molecule has 154 valence electrons. The summed E-state index contributed by atoms with van der Waals surface area (Å²) >= 11 is 1.50. The number of likely N-dealkylation sites (tertiary alicyclic amines) is 1. The number of hydrogen-bond donors (Lipinski definition) is 0. The Bertz CT molecular complexity index is 1160. The van der Waals surface area contributed by atoms with Gasteiger partial charge in [0.15, 0.2) is 5.82 Å². The third kappa shape index (κ3) is 4.11. The average molecular weight is 427 g/mol. The molecule has 3 aromatic heterocycles. The van der Waals surface area contributed by atoms with Crippen molar-refractivity contribution >= 4 is 17.2 Å². The number of nitrogens with zero attached hydrogens (tertiary/aromatic N) is 4. The summed E-state index contributed by atoms with van der Waals surface area (Å²) in [5.41, 5.74) is 4.06. The molecule has 0 aliphatic carbocycles. The molecular weight excluding hydrogens is 404 g/mol. The number of hydrogen-bond acceptors (Lipinski definition) is 5. The Balaban J connectivity index is 1.53. The summed E-state index contributed by atoms with van der Waals surface area (Å²) in [5, 5.41) is 1.95. The fourth-order valence-corrected chi connectivity index (χ4v) is 4.82. The first-order chi connectivity index (χ1) is 15.3. The fraction of sp³-hybridized carbons (Fsp3) is 0.200. The molecule has 0 bridgehead atoms. The molecule has 1 unspecified atom stereocenters. The molecule has 4 heterocycles. The Morgan fingerprint density at radius 2 is 1.84 bits per heavy atom. The van der Waals surface area contributed by atoms with E-state index in [2.05, 4.69) is 9.97 Å². The van der Waals surface area contributed by atoms with Crippen molar-refractivity contribution in [1.82, 2.24) is 19.9 Å². The van der Waals surface area contributed by atoms with E-state index in [-0.39, 0.29) is 11.8 Å². The maximum Gasteiger partial charge on any atom is 0.263 e. The Morgan fingerprint density at radius 3 is 2.61 bits per heavy atom. The van der Waals surface area contributed by atoms with Crippen molar-refractivity contribution in [3.63, 3.8) is 0 Å². The average Bonchev–Trinajstić information content (AvgIpc) is 3.39. The lowest BCUT2D eigenvalue weighted by molar-refractivity contribution is 0.0711. The highest BCUT2D eigenvalue weighted by Gasteiger charge is 2.29. The third-order valence-corrected chi connectivity index (χ3v) is 6.53. The second kappa shape index (κ2) is 8.78. The number of benzene rings is 1. The van der Waals surface area contributed by atoms with Gasteiger partial charge in [-0.25, -0.2) is 9.97 Å². The van der Waals surface area contributed by atoms with E-state index in [1.165, 1.54) is 11.3 Å². The Kier molecular flexibility index (Phi) is 5.54. The molecule has 1 amide bonds. The number of amides is 1. The van der Waals surface area contributed by atoms with E-state index < -0.39 is 0 Å². The summed E-state index contributed by atoms with van der Waals surface area (Å²) in [7, 11) is 0. The molecule has 0 radical (unpaired) electrons. The van der Waals surface area contributed by atoms with Gasteiger partial charge in [-0.2, -0.15) is 0 Å². The smallest absolute Gasteiger partial charge is 0.263 e. The van der Waals surface area contributed by atoms with Crippen LogP contribution >= 0.6 is 11.3 Å². The van der Waals surface area contributed by atoms with Crippen molar-refractivity contribution in [1.29, 1.82) is 0 Å². The Labute approximate surface area is 185 Å². The number of carbonyl (C=O) groups excluding carboxylic acids is 1. The van der Waals surface area contributed by atoms with E-state index in [1.807, 2.05) is 71.1 Å². The molecule has 5 nitrogen and oxygen atoms in total. The summed E-state index contributed by atoms with van der Waals surface area (Å²) in [5.74, 6) is 0.990. The van der Waals surface area contributed by atoms with Gasteiger partial charge in [0, 0.05) is 48.7 Å². The molecule has 6 heteroatoms. The van der Waals surface area contributed by atoms with Crippen LogP contribution < -0.4 is 0 Å². The molecule has 1 aromatic carbocycles. The largest absolute Gasteiger partial charge is 0.337 e. The van der Waals surface area contributed by atoms with Crippen LogP contribution in [0.1, 0.15) is 34.1 Å². The lowest BCUT2D eigenvalue weighted by atomic mass is 9.90. The van der Waals surface area contributed by atoms with E-state index in [0.29, 0.717) is 6.54 Å². The molecule has 1 atom stereocenters. The van der Waals surface area contributed by atoms with Gasteiger partial charge in [-0.1, -0.05) is 36.4 Å². The minimum absolute atomic E-state index is 0.113. The number of aromatic nitrogens is 3. The van der Waals surface area contributed by atoms with E-state index in [9.17, 15) is 4.79 Å². The van der Waals surface area contributed by atoms with Gasteiger partial charge in [-0.15, -0.1) is 11.3 Å². The maximum atomic E-state index is 13.0. The minimum Gasteiger partial charge on any atom is -0.337 e. The molecule has 1 saturated heterocycles. The molecule has 1 aliphatic heterocycles. The highest BCUT2D eigenvalue weighted by molar-refractivity contribution is 7.12. The topological polar surface area (TPSA) is 59.0 Å². The van der Waals surface area contributed by atoms with Crippen LogP contribution in [-0.4, -0.2) is 38.8 Å². The van der Waals surface area contributed by atoms with Gasteiger partial charge in [0.1, 0.15) is 0 Å². The predicted molar refractivity (Wildman–Crippen MR) is 123 cm³/mol. The van der Waals surface area contributed by atoms with Crippen LogP contribution in [0.25, 0.3) is 22.5 Å². The first-order valence-corrected chi connectivity index (χ1v) is 11.3. The molecule has 0 spiro atoms. The lowest BCUT2D eigenvalue weighted by Crippen LogP contribution is -2.39. The zero-order valence-corrected chi connectivity index (χ0v) is 17.8. The Morgan fingerprint density at radius 1 is 1.00 bits per heavy atom. The fourth-order valence-electron chi connectivity index (χ4n) is 4.13. The monoisotopic (exact) mass is 426 g/mol. The zero-order valence-electron chi connectivity index (χ0n) is 17.0. The summed E-state index contributed by atoms with van der Waals surface area (Å²) in [6, 6.07) is 17.8. The van der Waals surface area contributed by atoms with Gasteiger partial charge in [-0.3, -0.25) is 9.78 Å². The summed E-state index contributed by atoms with van der Waals surface area (Å²) in [6.07, 6.45) is 7.45. The molecular formula is C25H22N4OS. The maximum absolute atomic E-state index is 13.0. The molecule has 0 saturated carbocycles. The summed E-state index contributed by atoms with van der Waals surface area (Å²) < 4.78 is 0. The zero-order chi connectivity index (χ0) is 21.0. The Hall–Kier alpha value is -3.38. The van der Waals surface area contributed by atoms with Gasteiger partial charge >= 0.3 is 0 Å². The number of rotatable bonds is 4. The first kappa shape index (κ1) is 19.6. The van der Waals surface area contributed by atoms with Crippen LogP contribution in [0.15, 0.2) is 78.6 Å². The van der Waals surface area contributed by atoms with E-state index in [4.69, 9.17) is 4.98 Å². The minimum atomic E-state index is 0.113. The van der Waals surface area contributed by atoms with Gasteiger partial charge in [0.25, 0.3) is 5.91 Å². The molecule has 1 fully saturated rings. The second-order valence-corrected chi connectivity index (χ2v) is 8.61. The number of piperidine rings is 1. The third-order valence-electron chi connectivity index (χ3n) is 5.67.